The van der Waals surface area contributed by atoms with E-state index in [1.54, 1.807) is 6.07 Å². The van der Waals surface area contributed by atoms with Crippen molar-refractivity contribution in [3.05, 3.63) is 33.0 Å². The van der Waals surface area contributed by atoms with Crippen molar-refractivity contribution in [2.24, 2.45) is 0 Å². The van der Waals surface area contributed by atoms with E-state index in [-0.39, 0.29) is 30.3 Å². The smallest absolute Gasteiger partial charge is 0.310 e. The third-order valence-corrected chi connectivity index (χ3v) is 7.70. The van der Waals surface area contributed by atoms with Crippen molar-refractivity contribution in [3.8, 4) is 0 Å². The second kappa shape index (κ2) is 7.50. The lowest BCUT2D eigenvalue weighted by Crippen LogP contribution is -2.78. The van der Waals surface area contributed by atoms with Gasteiger partial charge in [-0.3, -0.25) is 23.8 Å². The van der Waals surface area contributed by atoms with Gasteiger partial charge >= 0.3 is 16.1 Å². The Labute approximate surface area is 169 Å². The highest BCUT2D eigenvalue weighted by Gasteiger charge is 2.63. The molecule has 2 atom stereocenters. The van der Waals surface area contributed by atoms with Gasteiger partial charge in [0.05, 0.1) is 6.42 Å². The van der Waals surface area contributed by atoms with Crippen LogP contribution >= 0.6 is 23.1 Å². The SMILES string of the molecule is CC(=O)OCC1=C(S(=O)(=O)O)N2C(=O)[C@@](C)(NC(=O)Cc3cccs3)[C@@H]2SC1. The number of amides is 2. The zero-order valence-corrected chi connectivity index (χ0v) is 17.4. The molecule has 9 nitrogen and oxygen atoms in total. The molecule has 1 fully saturated rings. The third kappa shape index (κ3) is 3.81. The van der Waals surface area contributed by atoms with Crippen molar-refractivity contribution >= 4 is 51.0 Å². The summed E-state index contributed by atoms with van der Waals surface area (Å²) in [5.41, 5.74) is -1.19. The predicted molar refractivity (Wildman–Crippen MR) is 103 cm³/mol. The minimum absolute atomic E-state index is 0.108. The molecule has 3 heterocycles. The highest BCUT2D eigenvalue weighted by atomic mass is 32.2. The second-order valence-electron chi connectivity index (χ2n) is 6.51. The van der Waals surface area contributed by atoms with Crippen molar-refractivity contribution in [2.45, 2.75) is 31.2 Å². The monoisotopic (exact) mass is 446 g/mol. The lowest BCUT2D eigenvalue weighted by Gasteiger charge is -2.55. The van der Waals surface area contributed by atoms with Crippen LogP contribution < -0.4 is 5.32 Å². The maximum absolute atomic E-state index is 12.8. The van der Waals surface area contributed by atoms with Gasteiger partial charge in [0.2, 0.25) is 5.91 Å². The first kappa shape index (κ1) is 20.8. The van der Waals surface area contributed by atoms with E-state index in [2.05, 4.69) is 5.32 Å². The van der Waals surface area contributed by atoms with E-state index in [0.29, 0.717) is 0 Å². The summed E-state index contributed by atoms with van der Waals surface area (Å²) in [6.07, 6.45) is 0.108. The Morgan fingerprint density at radius 1 is 1.46 bits per heavy atom. The summed E-state index contributed by atoms with van der Waals surface area (Å²) in [7, 11) is -4.74. The topological polar surface area (TPSA) is 130 Å². The van der Waals surface area contributed by atoms with Crippen molar-refractivity contribution in [2.75, 3.05) is 12.4 Å². The first-order chi connectivity index (χ1) is 13.0. The van der Waals surface area contributed by atoms with Crippen molar-refractivity contribution in [1.29, 1.82) is 0 Å². The van der Waals surface area contributed by atoms with Gasteiger partial charge in [0, 0.05) is 23.1 Å². The number of carbonyl (C=O) groups excluding carboxylic acids is 3. The molecule has 0 bridgehead atoms. The largest absolute Gasteiger partial charge is 0.461 e. The molecule has 2 N–H and O–H groups in total. The molecule has 0 spiro atoms. The number of thiophene rings is 1. The van der Waals surface area contributed by atoms with Gasteiger partial charge in [-0.15, -0.1) is 23.1 Å². The number of fused-ring (bicyclic) bond motifs is 1. The van der Waals surface area contributed by atoms with Crippen LogP contribution in [0.3, 0.4) is 0 Å². The minimum Gasteiger partial charge on any atom is -0.461 e. The van der Waals surface area contributed by atoms with Crippen LogP contribution in [0.4, 0.5) is 0 Å². The lowest BCUT2D eigenvalue weighted by molar-refractivity contribution is -0.153. The molecule has 1 saturated heterocycles. The molecule has 0 saturated carbocycles. The molecular formula is C16H18N2O7S3. The molecule has 3 rings (SSSR count). The molecule has 1 aromatic heterocycles. The third-order valence-electron chi connectivity index (χ3n) is 4.34. The number of esters is 1. The number of rotatable bonds is 6. The van der Waals surface area contributed by atoms with Crippen molar-refractivity contribution < 1.29 is 32.1 Å². The van der Waals surface area contributed by atoms with Gasteiger partial charge in [-0.1, -0.05) is 6.07 Å². The average Bonchev–Trinajstić information content (AvgIpc) is 3.10. The number of thioether (sulfide) groups is 1. The average molecular weight is 447 g/mol. The van der Waals surface area contributed by atoms with Crippen LogP contribution in [-0.4, -0.2) is 58.9 Å². The summed E-state index contributed by atoms with van der Waals surface area (Å²) in [5, 5.41) is 3.25. The standard InChI is InChI=1S/C16H18N2O7S3/c1-9(19)25-7-10-8-27-15-16(2,14(21)18(15)13(10)28(22,23)24)17-12(20)6-11-4-3-5-26-11/h3-5,15H,6-8H2,1-2H3,(H,17,20)(H,22,23,24)/t15-,16+/m0/s1. The molecule has 1 aromatic rings. The molecular weight excluding hydrogens is 428 g/mol. The Morgan fingerprint density at radius 2 is 2.18 bits per heavy atom. The summed E-state index contributed by atoms with van der Waals surface area (Å²) in [5.74, 6) is -1.51. The van der Waals surface area contributed by atoms with Gasteiger partial charge in [0.15, 0.2) is 5.03 Å². The molecule has 2 aliphatic heterocycles. The Hall–Kier alpha value is -1.89. The zero-order chi connectivity index (χ0) is 20.7. The number of hydrogen-bond donors (Lipinski definition) is 2. The number of ether oxygens (including phenoxy) is 1. The van der Waals surface area contributed by atoms with E-state index in [0.717, 1.165) is 9.78 Å². The van der Waals surface area contributed by atoms with Gasteiger partial charge in [0.25, 0.3) is 5.91 Å². The van der Waals surface area contributed by atoms with Gasteiger partial charge < -0.3 is 10.1 Å². The highest BCUT2D eigenvalue weighted by molar-refractivity contribution is 8.00. The van der Waals surface area contributed by atoms with E-state index in [9.17, 15) is 27.4 Å². The van der Waals surface area contributed by atoms with E-state index in [4.69, 9.17) is 4.74 Å². The van der Waals surface area contributed by atoms with Gasteiger partial charge in [-0.05, 0) is 18.4 Å². The Balaban J connectivity index is 1.82. The fraction of sp³-hybridized carbons (Fsp3) is 0.438. The fourth-order valence-corrected chi connectivity index (χ4v) is 6.34. The van der Waals surface area contributed by atoms with Crippen LogP contribution in [0.25, 0.3) is 0 Å². The number of carbonyl (C=O) groups is 3. The number of nitrogens with one attached hydrogen (secondary N) is 1. The second-order valence-corrected chi connectivity index (χ2v) is 9.95. The Morgan fingerprint density at radius 3 is 2.75 bits per heavy atom. The zero-order valence-electron chi connectivity index (χ0n) is 15.0. The number of β-lactam (4-membered cyclic amide) rings is 1. The minimum atomic E-state index is -4.74. The molecule has 0 aliphatic carbocycles. The Bertz CT molecular complexity index is 955. The van der Waals surface area contributed by atoms with Gasteiger partial charge in [-0.2, -0.15) is 8.42 Å². The molecule has 28 heavy (non-hydrogen) atoms. The lowest BCUT2D eigenvalue weighted by atomic mass is 9.89. The maximum atomic E-state index is 12.8. The fourth-order valence-electron chi connectivity index (χ4n) is 3.13. The summed E-state index contributed by atoms with van der Waals surface area (Å²) in [6.45, 7) is 2.34. The van der Waals surface area contributed by atoms with Crippen LogP contribution in [0.1, 0.15) is 18.7 Å². The van der Waals surface area contributed by atoms with E-state index in [1.807, 2.05) is 11.4 Å². The normalized spacial score (nSPS) is 24.5. The molecule has 12 heteroatoms. The first-order valence-electron chi connectivity index (χ1n) is 8.15. The van der Waals surface area contributed by atoms with Crippen molar-refractivity contribution in [3.63, 3.8) is 0 Å². The summed E-state index contributed by atoms with van der Waals surface area (Å²) in [6, 6.07) is 3.62. The molecule has 152 valence electrons. The van der Waals surface area contributed by atoms with Crippen LogP contribution in [0.15, 0.2) is 28.1 Å². The summed E-state index contributed by atoms with van der Waals surface area (Å²) >= 11 is 2.64. The number of hydrogen-bond acceptors (Lipinski definition) is 8. The van der Waals surface area contributed by atoms with Crippen molar-refractivity contribution in [1.82, 2.24) is 10.2 Å². The van der Waals surface area contributed by atoms with Crippen LogP contribution in [0, 0.1) is 0 Å². The summed E-state index contributed by atoms with van der Waals surface area (Å²) < 4.78 is 38.2. The predicted octanol–water partition coefficient (Wildman–Crippen LogP) is 0.743. The molecule has 0 aromatic carbocycles. The first-order valence-corrected chi connectivity index (χ1v) is 11.5. The molecule has 0 radical (unpaired) electrons. The van der Waals surface area contributed by atoms with Gasteiger partial charge in [-0.25, -0.2) is 0 Å². The maximum Gasteiger partial charge on any atom is 0.310 e. The van der Waals surface area contributed by atoms with Crippen LogP contribution in [0.2, 0.25) is 0 Å². The van der Waals surface area contributed by atoms with E-state index >= 15 is 0 Å². The molecule has 0 unspecified atom stereocenters. The van der Waals surface area contributed by atoms with E-state index < -0.39 is 37.9 Å². The van der Waals surface area contributed by atoms with E-state index in [1.165, 1.54) is 36.9 Å². The van der Waals surface area contributed by atoms with Gasteiger partial charge in [0.1, 0.15) is 17.5 Å². The molecule has 2 aliphatic rings. The van der Waals surface area contributed by atoms with Crippen LogP contribution in [0.5, 0.6) is 0 Å². The molecule has 2 amide bonds. The van der Waals surface area contributed by atoms with Crippen LogP contribution in [-0.2, 0) is 35.7 Å². The highest BCUT2D eigenvalue weighted by Crippen LogP contribution is 2.47. The quantitative estimate of drug-likeness (QED) is 0.372. The Kier molecular flexibility index (Phi) is 5.58. The summed E-state index contributed by atoms with van der Waals surface area (Å²) in [4.78, 5) is 37.9. The number of nitrogens with zero attached hydrogens (tertiary/aromatic N) is 1.